The van der Waals surface area contributed by atoms with Crippen molar-refractivity contribution in [3.63, 3.8) is 0 Å². The molecule has 0 N–H and O–H groups in total. The summed E-state index contributed by atoms with van der Waals surface area (Å²) in [6.45, 7) is 1.62. The van der Waals surface area contributed by atoms with Crippen molar-refractivity contribution in [1.29, 1.82) is 5.26 Å². The summed E-state index contributed by atoms with van der Waals surface area (Å²) in [6.07, 6.45) is 0.932. The molecule has 0 unspecified atom stereocenters. The zero-order valence-corrected chi connectivity index (χ0v) is 14.4. The van der Waals surface area contributed by atoms with Crippen LogP contribution in [0.1, 0.15) is 11.1 Å². The fourth-order valence-corrected chi connectivity index (χ4v) is 2.95. The average molecular weight is 354 g/mol. The first-order valence-corrected chi connectivity index (χ1v) is 8.21. The number of ether oxygens (including phenoxy) is 2. The van der Waals surface area contributed by atoms with Gasteiger partial charge in [-0.15, -0.1) is 0 Å². The van der Waals surface area contributed by atoms with Crippen molar-refractivity contribution in [2.75, 3.05) is 31.8 Å². The molecule has 0 aromatic heterocycles. The predicted molar refractivity (Wildman–Crippen MR) is 94.5 cm³/mol. The molecule has 26 heavy (non-hydrogen) atoms. The lowest BCUT2D eigenvalue weighted by atomic mass is 9.87. The highest BCUT2D eigenvalue weighted by Crippen LogP contribution is 2.30. The van der Waals surface area contributed by atoms with Gasteiger partial charge in [-0.05, 0) is 42.0 Å². The number of rotatable bonds is 7. The van der Waals surface area contributed by atoms with E-state index in [-0.39, 0.29) is 5.75 Å². The van der Waals surface area contributed by atoms with Crippen molar-refractivity contribution < 1.29 is 18.7 Å². The van der Waals surface area contributed by atoms with Crippen molar-refractivity contribution in [2.24, 2.45) is 5.41 Å². The lowest BCUT2D eigenvalue weighted by Crippen LogP contribution is -2.52. The van der Waals surface area contributed by atoms with E-state index in [1.54, 1.807) is 24.3 Å². The molecule has 1 aliphatic rings. The maximum absolute atomic E-state index is 14.0. The molecule has 5 nitrogen and oxygen atoms in total. The molecule has 0 saturated carbocycles. The molecular formula is C20H19FN2O3. The van der Waals surface area contributed by atoms with E-state index in [0.717, 1.165) is 17.5 Å². The molecule has 6 heteroatoms. The van der Waals surface area contributed by atoms with Crippen LogP contribution in [0, 0.1) is 22.6 Å². The lowest BCUT2D eigenvalue weighted by molar-refractivity contribution is -0.144. The van der Waals surface area contributed by atoms with Crippen molar-refractivity contribution in [1.82, 2.24) is 0 Å². The maximum Gasteiger partial charge on any atom is 0.165 e. The minimum absolute atomic E-state index is 0.190. The first-order chi connectivity index (χ1) is 12.6. The Morgan fingerprint density at radius 3 is 2.54 bits per heavy atom. The molecule has 134 valence electrons. The Bertz CT molecular complexity index is 826. The van der Waals surface area contributed by atoms with E-state index in [1.807, 2.05) is 17.0 Å². The Morgan fingerprint density at radius 2 is 2.04 bits per heavy atom. The fourth-order valence-electron chi connectivity index (χ4n) is 2.95. The zero-order valence-electron chi connectivity index (χ0n) is 14.4. The van der Waals surface area contributed by atoms with Crippen LogP contribution in [0.3, 0.4) is 0 Å². The van der Waals surface area contributed by atoms with Gasteiger partial charge < -0.3 is 19.2 Å². The molecule has 1 heterocycles. The number of nitrogens with zero attached hydrogens (tertiary/aromatic N) is 2. The monoisotopic (exact) mass is 354 g/mol. The Kier molecular flexibility index (Phi) is 5.19. The van der Waals surface area contributed by atoms with E-state index in [2.05, 4.69) is 6.07 Å². The highest BCUT2D eigenvalue weighted by atomic mass is 19.1. The summed E-state index contributed by atoms with van der Waals surface area (Å²) in [7, 11) is 1.42. The number of nitriles is 1. The van der Waals surface area contributed by atoms with Gasteiger partial charge in [-0.2, -0.15) is 5.26 Å². The molecule has 1 saturated heterocycles. The van der Waals surface area contributed by atoms with Gasteiger partial charge in [0.2, 0.25) is 0 Å². The van der Waals surface area contributed by atoms with E-state index in [9.17, 15) is 9.18 Å². The summed E-state index contributed by atoms with van der Waals surface area (Å²) < 4.78 is 24.2. The average Bonchev–Trinajstić information content (AvgIpc) is 2.64. The van der Waals surface area contributed by atoms with Crippen molar-refractivity contribution in [2.45, 2.75) is 6.54 Å². The van der Waals surface area contributed by atoms with Gasteiger partial charge in [-0.1, -0.05) is 6.07 Å². The molecular weight excluding hydrogens is 335 g/mol. The standard InChI is InChI=1S/C20H19FN2O3/c1-25-19-7-4-16(8-18(19)21)10-23(11-20(12-24)13-26-14-20)17-5-2-15(9-22)3-6-17/h2-8,12H,10-11,13-14H2,1H3. The van der Waals surface area contributed by atoms with Crippen LogP contribution < -0.4 is 9.64 Å². The molecule has 0 spiro atoms. The van der Waals surface area contributed by atoms with Crippen LogP contribution >= 0.6 is 0 Å². The van der Waals surface area contributed by atoms with E-state index in [1.165, 1.54) is 13.2 Å². The van der Waals surface area contributed by atoms with Crippen molar-refractivity contribution in [3.8, 4) is 11.8 Å². The minimum atomic E-state index is -0.557. The summed E-state index contributed by atoms with van der Waals surface area (Å²) in [5, 5.41) is 8.97. The van der Waals surface area contributed by atoms with Gasteiger partial charge in [0.1, 0.15) is 6.29 Å². The number of benzene rings is 2. The lowest BCUT2D eigenvalue weighted by Gasteiger charge is -2.41. The number of methoxy groups -OCH3 is 1. The fraction of sp³-hybridized carbons (Fsp3) is 0.300. The number of halogens is 1. The van der Waals surface area contributed by atoms with Crippen LogP contribution in [-0.2, 0) is 16.1 Å². The van der Waals surface area contributed by atoms with Crippen LogP contribution in [-0.4, -0.2) is 33.2 Å². The third-order valence-electron chi connectivity index (χ3n) is 4.49. The molecule has 0 amide bonds. The Labute approximate surface area is 151 Å². The second kappa shape index (κ2) is 7.54. The topological polar surface area (TPSA) is 62.6 Å². The Morgan fingerprint density at radius 1 is 1.31 bits per heavy atom. The van der Waals surface area contributed by atoms with E-state index >= 15 is 0 Å². The number of carbonyl (C=O) groups is 1. The normalized spacial score (nSPS) is 14.8. The summed E-state index contributed by atoms with van der Waals surface area (Å²) in [5.41, 5.74) is 1.61. The predicted octanol–water partition coefficient (Wildman–Crippen LogP) is 2.93. The third kappa shape index (κ3) is 3.68. The SMILES string of the molecule is COc1ccc(CN(CC2(C=O)COC2)c2ccc(C#N)cc2)cc1F. The molecule has 0 bridgehead atoms. The van der Waals surface area contributed by atoms with Gasteiger partial charge in [-0.25, -0.2) is 4.39 Å². The highest BCUT2D eigenvalue weighted by Gasteiger charge is 2.40. The van der Waals surface area contributed by atoms with Gasteiger partial charge in [0, 0.05) is 18.8 Å². The maximum atomic E-state index is 14.0. The molecule has 0 aliphatic carbocycles. The molecule has 3 rings (SSSR count). The number of aldehydes is 1. The Balaban J connectivity index is 1.87. The van der Waals surface area contributed by atoms with Crippen LogP contribution in [0.2, 0.25) is 0 Å². The summed E-state index contributed by atoms with van der Waals surface area (Å²) in [4.78, 5) is 13.5. The number of carbonyl (C=O) groups excluding carboxylic acids is 1. The van der Waals surface area contributed by atoms with Gasteiger partial charge in [0.05, 0.1) is 37.4 Å². The second-order valence-electron chi connectivity index (χ2n) is 6.46. The van der Waals surface area contributed by atoms with Gasteiger partial charge >= 0.3 is 0 Å². The van der Waals surface area contributed by atoms with Crippen molar-refractivity contribution >= 4 is 12.0 Å². The van der Waals surface area contributed by atoms with Crippen LogP contribution in [0.25, 0.3) is 0 Å². The van der Waals surface area contributed by atoms with Gasteiger partial charge in [0.15, 0.2) is 11.6 Å². The molecule has 2 aromatic rings. The van der Waals surface area contributed by atoms with Crippen LogP contribution in [0.5, 0.6) is 5.75 Å². The zero-order chi connectivity index (χ0) is 18.6. The third-order valence-corrected chi connectivity index (χ3v) is 4.49. The first kappa shape index (κ1) is 17.9. The molecule has 0 radical (unpaired) electrons. The Hall–Kier alpha value is -2.91. The molecule has 1 fully saturated rings. The van der Waals surface area contributed by atoms with E-state index in [0.29, 0.717) is 31.9 Å². The van der Waals surface area contributed by atoms with Crippen molar-refractivity contribution in [3.05, 3.63) is 59.4 Å². The minimum Gasteiger partial charge on any atom is -0.494 e. The quantitative estimate of drug-likeness (QED) is 0.716. The summed E-state index contributed by atoms with van der Waals surface area (Å²) >= 11 is 0. The smallest absolute Gasteiger partial charge is 0.165 e. The van der Waals surface area contributed by atoms with E-state index < -0.39 is 11.2 Å². The second-order valence-corrected chi connectivity index (χ2v) is 6.46. The summed E-state index contributed by atoms with van der Waals surface area (Å²) in [6, 6.07) is 14.0. The van der Waals surface area contributed by atoms with Gasteiger partial charge in [-0.3, -0.25) is 0 Å². The van der Waals surface area contributed by atoms with Crippen LogP contribution in [0.15, 0.2) is 42.5 Å². The number of hydrogen-bond donors (Lipinski definition) is 0. The van der Waals surface area contributed by atoms with E-state index in [4.69, 9.17) is 14.7 Å². The summed E-state index contributed by atoms with van der Waals surface area (Å²) in [5.74, 6) is -0.239. The van der Waals surface area contributed by atoms with Gasteiger partial charge in [0.25, 0.3) is 0 Å². The molecule has 0 atom stereocenters. The molecule has 2 aromatic carbocycles. The number of anilines is 1. The molecule has 1 aliphatic heterocycles. The number of hydrogen-bond acceptors (Lipinski definition) is 5. The van der Waals surface area contributed by atoms with Crippen LogP contribution in [0.4, 0.5) is 10.1 Å². The highest BCUT2D eigenvalue weighted by molar-refractivity contribution is 5.63. The first-order valence-electron chi connectivity index (χ1n) is 8.21. The largest absolute Gasteiger partial charge is 0.494 e.